The third-order valence-corrected chi connectivity index (χ3v) is 8.93. The minimum absolute atomic E-state index is 0.0256. The number of aliphatic carboxylic acids is 1. The third kappa shape index (κ3) is 3.99. The van der Waals surface area contributed by atoms with Gasteiger partial charge in [0, 0.05) is 29.6 Å². The van der Waals surface area contributed by atoms with Gasteiger partial charge in [0.1, 0.15) is 5.54 Å². The maximum Gasteiger partial charge on any atom is 0.325 e. The summed E-state index contributed by atoms with van der Waals surface area (Å²) < 4.78 is 5.33. The number of aromatic nitrogens is 1. The Morgan fingerprint density at radius 3 is 2.36 bits per heavy atom. The molecule has 9 nitrogen and oxygen atoms in total. The molecule has 0 radical (unpaired) electrons. The Kier molecular flexibility index (Phi) is 6.77. The van der Waals surface area contributed by atoms with Gasteiger partial charge in [-0.05, 0) is 53.3 Å². The number of H-pyrrole nitrogens is 1. The van der Waals surface area contributed by atoms with Crippen molar-refractivity contribution >= 4 is 34.4 Å². The lowest BCUT2D eigenvalue weighted by molar-refractivity contribution is -0.148. The minimum Gasteiger partial charge on any atom is -0.504 e. The van der Waals surface area contributed by atoms with Crippen molar-refractivity contribution in [2.75, 3.05) is 12.0 Å². The van der Waals surface area contributed by atoms with Crippen molar-refractivity contribution in [2.24, 2.45) is 11.8 Å². The molecule has 2 saturated heterocycles. The van der Waals surface area contributed by atoms with E-state index in [0.717, 1.165) is 27.6 Å². The zero-order valence-corrected chi connectivity index (χ0v) is 23.7. The Balaban J connectivity index is 1.55. The Hall–Kier alpha value is -4.63. The molecule has 3 heterocycles. The number of phenols is 1. The van der Waals surface area contributed by atoms with Gasteiger partial charge in [0.2, 0.25) is 11.8 Å². The summed E-state index contributed by atoms with van der Waals surface area (Å²) in [7, 11) is 1.42. The number of carboxylic acid groups (broad SMARTS) is 1. The van der Waals surface area contributed by atoms with E-state index in [9.17, 15) is 24.6 Å². The van der Waals surface area contributed by atoms with E-state index in [1.807, 2.05) is 56.3 Å². The number of fused-ring (bicyclic) bond motifs is 2. The Labute approximate surface area is 243 Å². The second kappa shape index (κ2) is 10.3. The van der Waals surface area contributed by atoms with E-state index in [1.54, 1.807) is 18.3 Å². The van der Waals surface area contributed by atoms with E-state index >= 15 is 0 Å². The number of carbonyl (C=O) groups excluding carboxylic acids is 2. The van der Waals surface area contributed by atoms with Crippen LogP contribution in [-0.4, -0.2) is 45.6 Å². The lowest BCUT2D eigenvalue weighted by atomic mass is 9.76. The van der Waals surface area contributed by atoms with Gasteiger partial charge < -0.3 is 19.9 Å². The van der Waals surface area contributed by atoms with Gasteiger partial charge in [-0.3, -0.25) is 19.7 Å². The molecule has 2 aliphatic rings. The number of para-hydroxylation sites is 2. The first-order valence-electron chi connectivity index (χ1n) is 14.2. The molecule has 1 aromatic heterocycles. The number of carbonyl (C=O) groups is 3. The summed E-state index contributed by atoms with van der Waals surface area (Å²) in [4.78, 5) is 46.8. The first-order chi connectivity index (χ1) is 20.2. The van der Waals surface area contributed by atoms with E-state index in [4.69, 9.17) is 4.74 Å². The molecule has 0 bridgehead atoms. The van der Waals surface area contributed by atoms with Crippen LogP contribution in [0, 0.1) is 11.8 Å². The predicted molar refractivity (Wildman–Crippen MR) is 158 cm³/mol. The Morgan fingerprint density at radius 1 is 0.976 bits per heavy atom. The van der Waals surface area contributed by atoms with E-state index in [0.29, 0.717) is 24.1 Å². The summed E-state index contributed by atoms with van der Waals surface area (Å²) in [6, 6.07) is 17.1. The summed E-state index contributed by atoms with van der Waals surface area (Å²) in [5, 5.41) is 25.3. The number of amides is 2. The molecule has 4 aromatic rings. The molecule has 2 aliphatic heterocycles. The number of methoxy groups -OCH3 is 1. The molecule has 2 amide bonds. The molecule has 0 spiro atoms. The molecule has 4 N–H and O–H groups in total. The van der Waals surface area contributed by atoms with Crippen molar-refractivity contribution in [1.29, 1.82) is 0 Å². The summed E-state index contributed by atoms with van der Waals surface area (Å²) >= 11 is 0. The van der Waals surface area contributed by atoms with Crippen LogP contribution in [0.3, 0.4) is 0 Å². The van der Waals surface area contributed by atoms with Crippen molar-refractivity contribution in [2.45, 2.75) is 44.7 Å². The molecular formula is C33H33N3O6. The average molecular weight is 568 g/mol. The molecule has 2 fully saturated rings. The summed E-state index contributed by atoms with van der Waals surface area (Å²) in [6.07, 6.45) is 2.95. The van der Waals surface area contributed by atoms with Gasteiger partial charge in [0.25, 0.3) is 0 Å². The number of aromatic amines is 1. The summed E-state index contributed by atoms with van der Waals surface area (Å²) in [5.74, 6) is -4.25. The van der Waals surface area contributed by atoms with Crippen LogP contribution in [0.1, 0.15) is 42.1 Å². The van der Waals surface area contributed by atoms with Crippen molar-refractivity contribution in [3.05, 3.63) is 89.1 Å². The van der Waals surface area contributed by atoms with Gasteiger partial charge in [-0.1, -0.05) is 56.3 Å². The number of aromatic hydroxyl groups is 1. The first kappa shape index (κ1) is 27.5. The maximum atomic E-state index is 14.5. The molecule has 42 heavy (non-hydrogen) atoms. The zero-order chi connectivity index (χ0) is 29.8. The average Bonchev–Trinajstić information content (AvgIpc) is 3.64. The number of nitrogens with one attached hydrogen (secondary N) is 2. The molecule has 0 aliphatic carbocycles. The lowest BCUT2D eigenvalue weighted by Gasteiger charge is -2.32. The molecule has 216 valence electrons. The highest BCUT2D eigenvalue weighted by molar-refractivity contribution is 6.25. The molecule has 6 rings (SSSR count). The number of phenolic OH excluding ortho intramolecular Hbond substituents is 1. The van der Waals surface area contributed by atoms with E-state index in [1.165, 1.54) is 18.1 Å². The molecular weight excluding hydrogens is 534 g/mol. The fourth-order valence-electron chi connectivity index (χ4n) is 6.91. The van der Waals surface area contributed by atoms with Gasteiger partial charge in [0.05, 0.1) is 24.6 Å². The summed E-state index contributed by atoms with van der Waals surface area (Å²) in [5.41, 5.74) is 2.59. The smallest absolute Gasteiger partial charge is 0.325 e. The number of benzene rings is 3. The van der Waals surface area contributed by atoms with Crippen LogP contribution in [0.2, 0.25) is 0 Å². The molecule has 4 unspecified atom stereocenters. The van der Waals surface area contributed by atoms with Crippen LogP contribution in [0.15, 0.2) is 66.9 Å². The van der Waals surface area contributed by atoms with Gasteiger partial charge in [-0.25, -0.2) is 4.90 Å². The SMILES string of the molecule is CCc1cccc(CC)c1N1C(=O)C2C(c3ccc(O)c(OC)c3)NC(Cc3c[nH]c4ccccc34)(C(=O)O)C2C1=O. The van der Waals surface area contributed by atoms with Crippen LogP contribution in [0.25, 0.3) is 10.9 Å². The maximum absolute atomic E-state index is 14.5. The quantitative estimate of drug-likeness (QED) is 0.230. The van der Waals surface area contributed by atoms with Crippen LogP contribution < -0.4 is 15.0 Å². The highest BCUT2D eigenvalue weighted by atomic mass is 16.5. The fraction of sp³-hybridized carbons (Fsp3) is 0.303. The second-order valence-electron chi connectivity index (χ2n) is 11.0. The lowest BCUT2D eigenvalue weighted by Crippen LogP contribution is -2.57. The normalized spacial score (nSPS) is 23.5. The highest BCUT2D eigenvalue weighted by Crippen LogP contribution is 2.52. The van der Waals surface area contributed by atoms with Gasteiger partial charge in [-0.2, -0.15) is 0 Å². The topological polar surface area (TPSA) is 132 Å². The molecule has 4 atom stereocenters. The third-order valence-electron chi connectivity index (χ3n) is 8.93. The van der Waals surface area contributed by atoms with Crippen LogP contribution in [-0.2, 0) is 33.6 Å². The van der Waals surface area contributed by atoms with Crippen molar-refractivity contribution in [1.82, 2.24) is 10.3 Å². The van der Waals surface area contributed by atoms with Gasteiger partial charge in [0.15, 0.2) is 11.5 Å². The minimum atomic E-state index is -1.79. The number of imide groups is 1. The first-order valence-corrected chi connectivity index (χ1v) is 14.2. The number of nitrogens with zero attached hydrogens (tertiary/aromatic N) is 1. The number of anilines is 1. The Morgan fingerprint density at radius 2 is 1.69 bits per heavy atom. The van der Waals surface area contributed by atoms with Gasteiger partial charge >= 0.3 is 5.97 Å². The predicted octanol–water partition coefficient (Wildman–Crippen LogP) is 4.52. The van der Waals surface area contributed by atoms with Crippen molar-refractivity contribution < 1.29 is 29.3 Å². The van der Waals surface area contributed by atoms with Crippen LogP contribution >= 0.6 is 0 Å². The number of carboxylic acids is 1. The number of aryl methyl sites for hydroxylation is 2. The van der Waals surface area contributed by atoms with Gasteiger partial charge in [-0.15, -0.1) is 0 Å². The van der Waals surface area contributed by atoms with Crippen molar-refractivity contribution in [3.8, 4) is 11.5 Å². The number of rotatable bonds is 8. The Bertz CT molecular complexity index is 1710. The molecule has 9 heteroatoms. The number of hydrogen-bond donors (Lipinski definition) is 4. The van der Waals surface area contributed by atoms with E-state index in [2.05, 4.69) is 10.3 Å². The van der Waals surface area contributed by atoms with E-state index in [-0.39, 0.29) is 17.9 Å². The summed E-state index contributed by atoms with van der Waals surface area (Å²) in [6.45, 7) is 3.94. The number of ether oxygens (including phenoxy) is 1. The van der Waals surface area contributed by atoms with E-state index < -0.39 is 41.2 Å². The molecule has 3 aromatic carbocycles. The monoisotopic (exact) mass is 567 g/mol. The zero-order valence-electron chi connectivity index (χ0n) is 23.7. The molecule has 0 saturated carbocycles. The van der Waals surface area contributed by atoms with Crippen molar-refractivity contribution in [3.63, 3.8) is 0 Å². The second-order valence-corrected chi connectivity index (χ2v) is 11.0. The fourth-order valence-corrected chi connectivity index (χ4v) is 6.91. The largest absolute Gasteiger partial charge is 0.504 e. The van der Waals surface area contributed by atoms with Crippen LogP contribution in [0.4, 0.5) is 5.69 Å². The highest BCUT2D eigenvalue weighted by Gasteiger charge is 2.69. The standard InChI is InChI=1S/C33H33N3O6/c1-4-18-9-8-10-19(5-2)29(18)36-30(38)26-27(31(36)39)33(32(40)41,16-21-17-34-23-12-7-6-11-22(21)23)35-28(26)20-13-14-24(37)25(15-20)42-3/h6-15,17,26-28,34-35,37H,4-5,16H2,1-3H3,(H,40,41). The van der Waals surface area contributed by atoms with Crippen LogP contribution in [0.5, 0.6) is 11.5 Å². The number of hydrogen-bond acceptors (Lipinski definition) is 6.